The van der Waals surface area contributed by atoms with E-state index in [-0.39, 0.29) is 0 Å². The predicted octanol–water partition coefficient (Wildman–Crippen LogP) is 1.85. The maximum atomic E-state index is 10.1. The van der Waals surface area contributed by atoms with E-state index in [9.17, 15) is 5.11 Å². The van der Waals surface area contributed by atoms with Crippen LogP contribution < -0.4 is 10.6 Å². The number of nitrogens with one attached hydrogen (secondary N) is 2. The number of aliphatic hydroxyl groups is 1. The summed E-state index contributed by atoms with van der Waals surface area (Å²) in [4.78, 5) is 1.23. The molecule has 102 valence electrons. The van der Waals surface area contributed by atoms with Crippen LogP contribution in [-0.2, 0) is 0 Å². The highest BCUT2D eigenvalue weighted by molar-refractivity contribution is 7.05. The van der Waals surface area contributed by atoms with Gasteiger partial charge in [0.05, 0.1) is 5.69 Å². The van der Waals surface area contributed by atoms with E-state index in [4.69, 9.17) is 0 Å². The van der Waals surface area contributed by atoms with Crippen LogP contribution in [0.1, 0.15) is 49.4 Å². The van der Waals surface area contributed by atoms with Crippen molar-refractivity contribution >= 4 is 11.5 Å². The van der Waals surface area contributed by atoms with E-state index >= 15 is 0 Å². The molecule has 1 saturated heterocycles. The highest BCUT2D eigenvalue weighted by atomic mass is 32.1. The number of hydrogen-bond acceptors (Lipinski definition) is 5. The third kappa shape index (κ3) is 3.75. The fourth-order valence-electron chi connectivity index (χ4n) is 2.17. The van der Waals surface area contributed by atoms with Crippen molar-refractivity contribution in [3.8, 4) is 0 Å². The first-order valence-corrected chi connectivity index (χ1v) is 7.53. The number of rotatable bonds is 5. The third-order valence-corrected chi connectivity index (χ3v) is 4.56. The Labute approximate surface area is 113 Å². The molecule has 5 heteroatoms. The van der Waals surface area contributed by atoms with Gasteiger partial charge in [-0.2, -0.15) is 4.37 Å². The summed E-state index contributed by atoms with van der Waals surface area (Å²) in [6, 6.07) is 2.01. The van der Waals surface area contributed by atoms with Gasteiger partial charge >= 0.3 is 0 Å². The Balaban J connectivity index is 1.80. The van der Waals surface area contributed by atoms with Crippen molar-refractivity contribution < 1.29 is 5.11 Å². The third-order valence-electron chi connectivity index (χ3n) is 3.45. The van der Waals surface area contributed by atoms with E-state index in [1.54, 1.807) is 0 Å². The van der Waals surface area contributed by atoms with Gasteiger partial charge in [-0.15, -0.1) is 0 Å². The summed E-state index contributed by atoms with van der Waals surface area (Å²) in [5, 5.41) is 16.6. The van der Waals surface area contributed by atoms with Crippen LogP contribution in [0.25, 0.3) is 0 Å². The van der Waals surface area contributed by atoms with Crippen LogP contribution >= 0.6 is 11.5 Å². The molecule has 1 aromatic heterocycles. The maximum Gasteiger partial charge on any atom is 0.149 e. The van der Waals surface area contributed by atoms with Gasteiger partial charge in [0.15, 0.2) is 0 Å². The number of aliphatic hydroxyl groups excluding tert-OH is 1. The summed E-state index contributed by atoms with van der Waals surface area (Å²) in [6.07, 6.45) is 1.76. The molecule has 1 atom stereocenters. The predicted molar refractivity (Wildman–Crippen MR) is 74.8 cm³/mol. The fourth-order valence-corrected chi connectivity index (χ4v) is 2.92. The van der Waals surface area contributed by atoms with Crippen LogP contribution in [0.2, 0.25) is 0 Å². The van der Waals surface area contributed by atoms with Crippen molar-refractivity contribution in [1.29, 1.82) is 0 Å². The monoisotopic (exact) mass is 269 g/mol. The molecule has 0 aromatic carbocycles. The second-order valence-electron chi connectivity index (χ2n) is 5.31. The molecule has 1 aliphatic heterocycles. The standard InChI is InChI=1S/C13H23N3OS/c1-9(2)12-7-11(16-18-12)13(17)15-8-10-3-5-14-6-4-10/h7,9-10,13-15,17H,3-6,8H2,1-2H3. The average Bonchev–Trinajstić information content (AvgIpc) is 2.87. The van der Waals surface area contributed by atoms with Gasteiger partial charge in [-0.05, 0) is 55.4 Å². The summed E-state index contributed by atoms with van der Waals surface area (Å²) >= 11 is 1.49. The lowest BCUT2D eigenvalue weighted by atomic mass is 9.98. The molecule has 4 nitrogen and oxygen atoms in total. The van der Waals surface area contributed by atoms with Crippen LogP contribution in [0.3, 0.4) is 0 Å². The van der Waals surface area contributed by atoms with Crippen LogP contribution in [0, 0.1) is 5.92 Å². The van der Waals surface area contributed by atoms with E-state index in [1.807, 2.05) is 6.07 Å². The molecule has 0 amide bonds. The molecular formula is C13H23N3OS. The lowest BCUT2D eigenvalue weighted by Crippen LogP contribution is -2.35. The molecule has 1 aliphatic rings. The van der Waals surface area contributed by atoms with E-state index in [2.05, 4.69) is 28.9 Å². The van der Waals surface area contributed by atoms with Gasteiger partial charge in [0.1, 0.15) is 6.23 Å². The smallest absolute Gasteiger partial charge is 0.149 e. The normalized spacial score (nSPS) is 19.3. The van der Waals surface area contributed by atoms with Crippen LogP contribution in [0.4, 0.5) is 0 Å². The van der Waals surface area contributed by atoms with Crippen LogP contribution in [0.15, 0.2) is 6.07 Å². The minimum absolute atomic E-state index is 0.480. The second kappa shape index (κ2) is 6.61. The van der Waals surface area contributed by atoms with Gasteiger partial charge < -0.3 is 10.4 Å². The highest BCUT2D eigenvalue weighted by Crippen LogP contribution is 2.23. The summed E-state index contributed by atoms with van der Waals surface area (Å²) in [5.74, 6) is 1.15. The number of nitrogens with zero attached hydrogens (tertiary/aromatic N) is 1. The summed E-state index contributed by atoms with van der Waals surface area (Å²) in [6.45, 7) is 7.35. The molecule has 18 heavy (non-hydrogen) atoms. The average molecular weight is 269 g/mol. The molecule has 2 rings (SSSR count). The summed E-state index contributed by atoms with van der Waals surface area (Å²) in [7, 11) is 0. The van der Waals surface area contributed by atoms with Gasteiger partial charge in [-0.3, -0.25) is 5.32 Å². The molecule has 1 aromatic rings. The maximum absolute atomic E-state index is 10.1. The number of hydrogen-bond donors (Lipinski definition) is 3. The van der Waals surface area contributed by atoms with Crippen molar-refractivity contribution in [2.45, 2.75) is 38.8 Å². The van der Waals surface area contributed by atoms with E-state index in [1.165, 1.54) is 29.3 Å². The zero-order chi connectivity index (χ0) is 13.0. The van der Waals surface area contributed by atoms with Gasteiger partial charge in [0.25, 0.3) is 0 Å². The Morgan fingerprint density at radius 2 is 2.22 bits per heavy atom. The first-order chi connectivity index (χ1) is 8.66. The van der Waals surface area contributed by atoms with Crippen molar-refractivity contribution in [2.24, 2.45) is 5.92 Å². The largest absolute Gasteiger partial charge is 0.373 e. The molecule has 3 N–H and O–H groups in total. The Bertz CT molecular complexity index is 361. The van der Waals surface area contributed by atoms with Crippen molar-refractivity contribution in [3.05, 3.63) is 16.6 Å². The Kier molecular flexibility index (Phi) is 5.12. The molecule has 0 saturated carbocycles. The lowest BCUT2D eigenvalue weighted by molar-refractivity contribution is 0.126. The van der Waals surface area contributed by atoms with Gasteiger partial charge in [-0.1, -0.05) is 13.8 Å². The minimum atomic E-state index is -0.622. The van der Waals surface area contributed by atoms with Gasteiger partial charge in [0.2, 0.25) is 0 Å². The first-order valence-electron chi connectivity index (χ1n) is 6.75. The second-order valence-corrected chi connectivity index (χ2v) is 6.15. The Morgan fingerprint density at radius 1 is 1.50 bits per heavy atom. The zero-order valence-electron chi connectivity index (χ0n) is 11.1. The summed E-state index contributed by atoms with van der Waals surface area (Å²) in [5.41, 5.74) is 0.762. The van der Waals surface area contributed by atoms with E-state index in [0.717, 1.165) is 25.3 Å². The van der Waals surface area contributed by atoms with Crippen molar-refractivity contribution in [1.82, 2.24) is 15.0 Å². The minimum Gasteiger partial charge on any atom is -0.373 e. The van der Waals surface area contributed by atoms with Crippen molar-refractivity contribution in [2.75, 3.05) is 19.6 Å². The molecule has 1 unspecified atom stereocenters. The molecule has 0 spiro atoms. The molecule has 1 fully saturated rings. The molecule has 0 bridgehead atoms. The summed E-state index contributed by atoms with van der Waals surface area (Å²) < 4.78 is 4.32. The molecule has 0 radical (unpaired) electrons. The lowest BCUT2D eigenvalue weighted by Gasteiger charge is -2.23. The molecule has 0 aliphatic carbocycles. The number of piperidine rings is 1. The Hall–Kier alpha value is -0.490. The highest BCUT2D eigenvalue weighted by Gasteiger charge is 2.17. The molecular weight excluding hydrogens is 246 g/mol. The number of aromatic nitrogens is 1. The quantitative estimate of drug-likeness (QED) is 0.714. The van der Waals surface area contributed by atoms with Gasteiger partial charge in [0, 0.05) is 11.4 Å². The Morgan fingerprint density at radius 3 is 2.83 bits per heavy atom. The zero-order valence-corrected chi connectivity index (χ0v) is 12.0. The first kappa shape index (κ1) is 13.9. The topological polar surface area (TPSA) is 57.2 Å². The van der Waals surface area contributed by atoms with Crippen LogP contribution in [0.5, 0.6) is 0 Å². The van der Waals surface area contributed by atoms with E-state index in [0.29, 0.717) is 11.8 Å². The SMILES string of the molecule is CC(C)c1cc(C(O)NCC2CCNCC2)ns1. The fraction of sp³-hybridized carbons (Fsp3) is 0.769. The van der Waals surface area contributed by atoms with Crippen LogP contribution in [-0.4, -0.2) is 29.1 Å². The van der Waals surface area contributed by atoms with Gasteiger partial charge in [-0.25, -0.2) is 0 Å². The molecule has 2 heterocycles. The van der Waals surface area contributed by atoms with Crippen molar-refractivity contribution in [3.63, 3.8) is 0 Å². The van der Waals surface area contributed by atoms with E-state index < -0.39 is 6.23 Å².